The lowest BCUT2D eigenvalue weighted by atomic mass is 9.77. The maximum Gasteiger partial charge on any atom is 0.398 e. The minimum absolute atomic E-state index is 0.330. The van der Waals surface area contributed by atoms with Crippen LogP contribution in [0.4, 0.5) is 18.9 Å². The van der Waals surface area contributed by atoms with E-state index in [1.165, 1.54) is 0 Å². The second-order valence-electron chi connectivity index (χ2n) is 4.86. The van der Waals surface area contributed by atoms with Crippen LogP contribution >= 0.6 is 11.8 Å². The van der Waals surface area contributed by atoms with Gasteiger partial charge in [0.25, 0.3) is 0 Å². The van der Waals surface area contributed by atoms with Crippen molar-refractivity contribution in [3.8, 4) is 0 Å². The zero-order chi connectivity index (χ0) is 14.8. The second kappa shape index (κ2) is 5.65. The van der Waals surface area contributed by atoms with Crippen LogP contribution < -0.4 is 11.1 Å². The van der Waals surface area contributed by atoms with Crippen LogP contribution in [0.25, 0.3) is 0 Å². The van der Waals surface area contributed by atoms with Crippen molar-refractivity contribution in [1.29, 1.82) is 0 Å². The summed E-state index contributed by atoms with van der Waals surface area (Å²) in [4.78, 5) is 12.4. The fourth-order valence-electron chi connectivity index (χ4n) is 1.89. The van der Waals surface area contributed by atoms with Gasteiger partial charge < -0.3 is 11.1 Å². The minimum Gasteiger partial charge on any atom is -0.323 e. The van der Waals surface area contributed by atoms with Crippen LogP contribution in [0.1, 0.15) is 19.3 Å². The van der Waals surface area contributed by atoms with Crippen LogP contribution in [0.3, 0.4) is 0 Å². The van der Waals surface area contributed by atoms with E-state index in [0.717, 1.165) is 6.42 Å². The van der Waals surface area contributed by atoms with E-state index in [1.54, 1.807) is 24.3 Å². The molecule has 1 aliphatic carbocycles. The lowest BCUT2D eigenvalue weighted by molar-refractivity contribution is -0.123. The SMILES string of the molecule is NC1(C(=O)Nc2ccccc2SCC(F)(F)F)CCC1. The van der Waals surface area contributed by atoms with Gasteiger partial charge >= 0.3 is 6.18 Å². The predicted octanol–water partition coefficient (Wildman–Crippen LogP) is 3.16. The first kappa shape index (κ1) is 15.2. The Morgan fingerprint density at radius 2 is 2.00 bits per heavy atom. The van der Waals surface area contributed by atoms with Gasteiger partial charge in [0.2, 0.25) is 5.91 Å². The molecule has 20 heavy (non-hydrogen) atoms. The van der Waals surface area contributed by atoms with Gasteiger partial charge in [-0.05, 0) is 31.4 Å². The molecular weight excluding hydrogens is 289 g/mol. The number of carbonyl (C=O) groups is 1. The van der Waals surface area contributed by atoms with Crippen LogP contribution in [0.2, 0.25) is 0 Å². The number of nitrogens with two attached hydrogens (primary N) is 1. The molecule has 0 radical (unpaired) electrons. The molecule has 1 saturated carbocycles. The first-order valence-corrected chi connectivity index (χ1v) is 7.18. The molecule has 1 fully saturated rings. The topological polar surface area (TPSA) is 55.1 Å². The average molecular weight is 304 g/mol. The van der Waals surface area contributed by atoms with E-state index >= 15 is 0 Å². The monoisotopic (exact) mass is 304 g/mol. The van der Waals surface area contributed by atoms with E-state index in [4.69, 9.17) is 5.73 Å². The zero-order valence-corrected chi connectivity index (χ0v) is 11.5. The van der Waals surface area contributed by atoms with Crippen LogP contribution in [-0.4, -0.2) is 23.4 Å². The number of thioether (sulfide) groups is 1. The number of rotatable bonds is 4. The van der Waals surface area contributed by atoms with Crippen molar-refractivity contribution in [1.82, 2.24) is 0 Å². The molecule has 0 heterocycles. The number of hydrogen-bond acceptors (Lipinski definition) is 3. The molecular formula is C13H15F3N2OS. The van der Waals surface area contributed by atoms with Gasteiger partial charge in [0.1, 0.15) is 0 Å². The van der Waals surface area contributed by atoms with Crippen molar-refractivity contribution < 1.29 is 18.0 Å². The van der Waals surface area contributed by atoms with Gasteiger partial charge in [-0.25, -0.2) is 0 Å². The molecule has 1 aromatic carbocycles. The highest BCUT2D eigenvalue weighted by molar-refractivity contribution is 7.99. The molecule has 1 aliphatic rings. The van der Waals surface area contributed by atoms with Crippen LogP contribution in [0.15, 0.2) is 29.2 Å². The van der Waals surface area contributed by atoms with Crippen LogP contribution in [0, 0.1) is 0 Å². The Bertz CT molecular complexity index is 501. The Morgan fingerprint density at radius 3 is 2.55 bits per heavy atom. The van der Waals surface area contributed by atoms with E-state index in [1.807, 2.05) is 0 Å². The maximum atomic E-state index is 12.3. The van der Waals surface area contributed by atoms with Gasteiger partial charge in [0.05, 0.1) is 17.0 Å². The van der Waals surface area contributed by atoms with Crippen molar-refractivity contribution in [3.63, 3.8) is 0 Å². The fourth-order valence-corrected chi connectivity index (χ4v) is 2.66. The molecule has 7 heteroatoms. The summed E-state index contributed by atoms with van der Waals surface area (Å²) < 4.78 is 36.8. The first-order chi connectivity index (χ1) is 9.30. The molecule has 110 valence electrons. The highest BCUT2D eigenvalue weighted by atomic mass is 32.2. The lowest BCUT2D eigenvalue weighted by Crippen LogP contribution is -2.56. The summed E-state index contributed by atoms with van der Waals surface area (Å²) in [7, 11) is 0. The van der Waals surface area contributed by atoms with E-state index in [0.29, 0.717) is 35.2 Å². The van der Waals surface area contributed by atoms with Crippen molar-refractivity contribution >= 4 is 23.4 Å². The normalized spacial score (nSPS) is 17.4. The molecule has 0 atom stereocenters. The average Bonchev–Trinajstić information content (AvgIpc) is 2.33. The Hall–Kier alpha value is -1.21. The van der Waals surface area contributed by atoms with E-state index < -0.39 is 17.5 Å². The molecule has 0 spiro atoms. The Kier molecular flexibility index (Phi) is 4.29. The van der Waals surface area contributed by atoms with E-state index in [9.17, 15) is 18.0 Å². The third-order valence-corrected chi connectivity index (χ3v) is 4.36. The lowest BCUT2D eigenvalue weighted by Gasteiger charge is -2.36. The number of halogens is 3. The van der Waals surface area contributed by atoms with E-state index in [-0.39, 0.29) is 5.91 Å². The zero-order valence-electron chi connectivity index (χ0n) is 10.7. The highest BCUT2D eigenvalue weighted by Crippen LogP contribution is 2.34. The molecule has 1 aromatic rings. The maximum absolute atomic E-state index is 12.3. The Morgan fingerprint density at radius 1 is 1.35 bits per heavy atom. The molecule has 0 unspecified atom stereocenters. The molecule has 0 bridgehead atoms. The Balaban J connectivity index is 2.06. The molecule has 1 amide bonds. The number of alkyl halides is 3. The molecule has 0 saturated heterocycles. The fraction of sp³-hybridized carbons (Fsp3) is 0.462. The van der Waals surface area contributed by atoms with Crippen molar-refractivity contribution in [2.75, 3.05) is 11.1 Å². The summed E-state index contributed by atoms with van der Waals surface area (Å²) in [5.41, 5.74) is 5.39. The number of anilines is 1. The van der Waals surface area contributed by atoms with Gasteiger partial charge in [0, 0.05) is 4.90 Å². The highest BCUT2D eigenvalue weighted by Gasteiger charge is 2.40. The quantitative estimate of drug-likeness (QED) is 0.840. The number of para-hydroxylation sites is 1. The number of amides is 1. The number of nitrogens with one attached hydrogen (secondary N) is 1. The summed E-state index contributed by atoms with van der Waals surface area (Å²) in [6, 6.07) is 6.43. The van der Waals surface area contributed by atoms with Crippen LogP contribution in [-0.2, 0) is 4.79 Å². The molecule has 3 N–H and O–H groups in total. The Labute approximate surface area is 119 Å². The predicted molar refractivity (Wildman–Crippen MR) is 72.6 cm³/mol. The summed E-state index contributed by atoms with van der Waals surface area (Å²) in [6.45, 7) is 0. The molecule has 0 aromatic heterocycles. The minimum atomic E-state index is -4.25. The van der Waals surface area contributed by atoms with Gasteiger partial charge in [-0.2, -0.15) is 13.2 Å². The van der Waals surface area contributed by atoms with Crippen molar-refractivity contribution in [2.45, 2.75) is 35.9 Å². The number of hydrogen-bond donors (Lipinski definition) is 2. The number of carbonyl (C=O) groups excluding carboxylic acids is 1. The van der Waals surface area contributed by atoms with E-state index in [2.05, 4.69) is 5.32 Å². The van der Waals surface area contributed by atoms with Crippen molar-refractivity contribution in [2.24, 2.45) is 5.73 Å². The molecule has 2 rings (SSSR count). The first-order valence-electron chi connectivity index (χ1n) is 6.19. The van der Waals surface area contributed by atoms with Crippen LogP contribution in [0.5, 0.6) is 0 Å². The third kappa shape index (κ3) is 3.67. The summed E-state index contributed by atoms with van der Waals surface area (Å²) >= 11 is 0.652. The number of benzene rings is 1. The van der Waals surface area contributed by atoms with Gasteiger partial charge in [0.15, 0.2) is 0 Å². The largest absolute Gasteiger partial charge is 0.398 e. The smallest absolute Gasteiger partial charge is 0.323 e. The molecule has 3 nitrogen and oxygen atoms in total. The summed E-state index contributed by atoms with van der Waals surface area (Å²) in [5, 5.41) is 2.64. The van der Waals surface area contributed by atoms with Gasteiger partial charge in [-0.15, -0.1) is 11.8 Å². The third-order valence-electron chi connectivity index (χ3n) is 3.22. The standard InChI is InChI=1S/C13H15F3N2OS/c14-13(15,16)8-20-10-5-2-1-4-9(10)18-11(19)12(17)6-3-7-12/h1-2,4-5H,3,6-8,17H2,(H,18,19). The van der Waals surface area contributed by atoms with Gasteiger partial charge in [-0.3, -0.25) is 4.79 Å². The summed E-state index contributed by atoms with van der Waals surface area (Å²) in [5.74, 6) is -1.32. The summed E-state index contributed by atoms with van der Waals surface area (Å²) in [6.07, 6.45) is -2.13. The molecule has 0 aliphatic heterocycles. The second-order valence-corrected chi connectivity index (χ2v) is 5.88. The van der Waals surface area contributed by atoms with Crippen molar-refractivity contribution in [3.05, 3.63) is 24.3 Å². The van der Waals surface area contributed by atoms with Gasteiger partial charge in [-0.1, -0.05) is 12.1 Å².